The van der Waals surface area contributed by atoms with Crippen LogP contribution >= 0.6 is 0 Å². The number of rotatable bonds is 5. The molecule has 3 atom stereocenters. The number of piperidine rings is 2. The Hall–Kier alpha value is -2.13. The highest BCUT2D eigenvalue weighted by Gasteiger charge is 2.44. The number of nitrogens with zero attached hydrogens (tertiary/aromatic N) is 1. The highest BCUT2D eigenvalue weighted by molar-refractivity contribution is 5.82. The van der Waals surface area contributed by atoms with Crippen molar-refractivity contribution in [3.05, 3.63) is 71.8 Å². The van der Waals surface area contributed by atoms with E-state index in [2.05, 4.69) is 7.05 Å². The van der Waals surface area contributed by atoms with Crippen molar-refractivity contribution in [2.24, 2.45) is 5.92 Å². The molecule has 0 N–H and O–H groups in total. The zero-order valence-corrected chi connectivity index (χ0v) is 16.9. The second-order valence-electron chi connectivity index (χ2n) is 8.78. The number of quaternary nitrogens is 1. The third-order valence-electron chi connectivity index (χ3n) is 6.95. The zero-order valence-electron chi connectivity index (χ0n) is 16.9. The molecule has 3 heteroatoms. The van der Waals surface area contributed by atoms with Gasteiger partial charge in [-0.1, -0.05) is 60.7 Å². The van der Waals surface area contributed by atoms with Gasteiger partial charge in [0.05, 0.1) is 32.8 Å². The van der Waals surface area contributed by atoms with Crippen LogP contribution in [0.4, 0.5) is 0 Å². The van der Waals surface area contributed by atoms with Gasteiger partial charge in [-0.05, 0) is 36.8 Å². The standard InChI is InChI=1S/C25H32NO2/c1-26-17-9-8-16-23(26)22(15-10-18-26)19-28-25(27)24(20-11-4-2-5-12-20)21-13-6-3-7-14-21/h2-7,11-14,22-24H,8-10,15-19H2,1H3/q+1/t22-,23-,26?/m0/s1. The molecule has 148 valence electrons. The molecule has 2 aromatic carbocycles. The number of esters is 1. The fourth-order valence-electron chi connectivity index (χ4n) is 5.46. The summed E-state index contributed by atoms with van der Waals surface area (Å²) in [7, 11) is 2.41. The molecule has 0 bridgehead atoms. The Kier molecular flexibility index (Phi) is 5.82. The minimum absolute atomic E-state index is 0.118. The molecule has 0 radical (unpaired) electrons. The van der Waals surface area contributed by atoms with Crippen LogP contribution in [-0.2, 0) is 9.53 Å². The van der Waals surface area contributed by atoms with E-state index < -0.39 is 0 Å². The maximum absolute atomic E-state index is 13.2. The minimum atomic E-state index is -0.349. The van der Waals surface area contributed by atoms with Gasteiger partial charge in [-0.3, -0.25) is 4.79 Å². The van der Waals surface area contributed by atoms with Crippen molar-refractivity contribution in [1.29, 1.82) is 0 Å². The van der Waals surface area contributed by atoms with Crippen molar-refractivity contribution in [2.75, 3.05) is 26.7 Å². The number of fused-ring (bicyclic) bond motifs is 1. The van der Waals surface area contributed by atoms with E-state index in [9.17, 15) is 4.79 Å². The first-order valence-corrected chi connectivity index (χ1v) is 10.8. The van der Waals surface area contributed by atoms with Crippen LogP contribution in [0.25, 0.3) is 0 Å². The lowest BCUT2D eigenvalue weighted by Gasteiger charge is -2.51. The number of hydrogen-bond donors (Lipinski definition) is 0. The maximum atomic E-state index is 13.2. The van der Waals surface area contributed by atoms with E-state index in [-0.39, 0.29) is 11.9 Å². The molecule has 2 fully saturated rings. The molecular formula is C25H32NO2+. The van der Waals surface area contributed by atoms with Crippen LogP contribution in [0.15, 0.2) is 60.7 Å². The van der Waals surface area contributed by atoms with Crippen LogP contribution < -0.4 is 0 Å². The van der Waals surface area contributed by atoms with Gasteiger partial charge in [0.2, 0.25) is 0 Å². The number of carbonyl (C=O) groups excluding carboxylic acids is 1. The van der Waals surface area contributed by atoms with Crippen LogP contribution in [0.1, 0.15) is 49.1 Å². The predicted octanol–water partition coefficient (Wildman–Crippen LogP) is 4.77. The fraction of sp³-hybridized carbons (Fsp3) is 0.480. The first-order valence-electron chi connectivity index (χ1n) is 10.8. The quantitative estimate of drug-likeness (QED) is 0.553. The van der Waals surface area contributed by atoms with E-state index in [0.29, 0.717) is 18.6 Å². The van der Waals surface area contributed by atoms with E-state index >= 15 is 0 Å². The summed E-state index contributed by atoms with van der Waals surface area (Å²) in [5, 5.41) is 0. The van der Waals surface area contributed by atoms with Crippen LogP contribution in [0.3, 0.4) is 0 Å². The second kappa shape index (κ2) is 8.48. The Morgan fingerprint density at radius 2 is 1.54 bits per heavy atom. The predicted molar refractivity (Wildman–Crippen MR) is 112 cm³/mol. The van der Waals surface area contributed by atoms with Gasteiger partial charge in [-0.2, -0.15) is 0 Å². The summed E-state index contributed by atoms with van der Waals surface area (Å²) in [6, 6.07) is 20.7. The van der Waals surface area contributed by atoms with Gasteiger partial charge in [0, 0.05) is 12.3 Å². The molecule has 2 aliphatic heterocycles. The second-order valence-corrected chi connectivity index (χ2v) is 8.78. The van der Waals surface area contributed by atoms with E-state index in [1.807, 2.05) is 60.7 Å². The van der Waals surface area contributed by atoms with Crippen LogP contribution in [0, 0.1) is 5.92 Å². The minimum Gasteiger partial charge on any atom is -0.464 e. The lowest BCUT2D eigenvalue weighted by molar-refractivity contribution is -0.947. The third-order valence-corrected chi connectivity index (χ3v) is 6.95. The Morgan fingerprint density at radius 3 is 2.18 bits per heavy atom. The van der Waals surface area contributed by atoms with Gasteiger partial charge in [-0.25, -0.2) is 0 Å². The molecule has 0 saturated carbocycles. The molecule has 3 nitrogen and oxygen atoms in total. The normalized spacial score (nSPS) is 27.2. The first kappa shape index (κ1) is 19.2. The average Bonchev–Trinajstić information content (AvgIpc) is 2.73. The molecule has 0 aromatic heterocycles. The lowest BCUT2D eigenvalue weighted by atomic mass is 9.82. The summed E-state index contributed by atoms with van der Waals surface area (Å²) in [6.45, 7) is 3.13. The fourth-order valence-corrected chi connectivity index (χ4v) is 5.46. The third kappa shape index (κ3) is 4.00. The molecule has 4 rings (SSSR count). The van der Waals surface area contributed by atoms with Crippen LogP contribution in [-0.4, -0.2) is 43.2 Å². The van der Waals surface area contributed by atoms with E-state index in [4.69, 9.17) is 4.74 Å². The number of ether oxygens (including phenoxy) is 1. The molecule has 0 aliphatic carbocycles. The molecule has 2 aliphatic rings. The van der Waals surface area contributed by atoms with Crippen molar-refractivity contribution in [3.63, 3.8) is 0 Å². The summed E-state index contributed by atoms with van der Waals surface area (Å²) in [5.74, 6) is 0.0291. The average molecular weight is 379 g/mol. The number of hydrogen-bond acceptors (Lipinski definition) is 2. The van der Waals surface area contributed by atoms with Crippen molar-refractivity contribution in [3.8, 4) is 0 Å². The van der Waals surface area contributed by atoms with Crippen molar-refractivity contribution >= 4 is 5.97 Å². The Balaban J connectivity index is 1.49. The highest BCUT2D eigenvalue weighted by Crippen LogP contribution is 2.36. The molecular weight excluding hydrogens is 346 g/mol. The van der Waals surface area contributed by atoms with Gasteiger partial charge in [0.25, 0.3) is 0 Å². The van der Waals surface area contributed by atoms with E-state index in [1.54, 1.807) is 0 Å². The van der Waals surface area contributed by atoms with Gasteiger partial charge >= 0.3 is 5.97 Å². The lowest BCUT2D eigenvalue weighted by Crippen LogP contribution is -2.61. The van der Waals surface area contributed by atoms with E-state index in [0.717, 1.165) is 11.1 Å². The maximum Gasteiger partial charge on any atom is 0.317 e. The van der Waals surface area contributed by atoms with Crippen molar-refractivity contribution in [1.82, 2.24) is 0 Å². The van der Waals surface area contributed by atoms with Crippen LogP contribution in [0.2, 0.25) is 0 Å². The Labute approximate surface area is 168 Å². The first-order chi connectivity index (χ1) is 13.7. The van der Waals surface area contributed by atoms with Gasteiger partial charge in [-0.15, -0.1) is 0 Å². The monoisotopic (exact) mass is 378 g/mol. The summed E-state index contributed by atoms with van der Waals surface area (Å²) >= 11 is 0. The molecule has 28 heavy (non-hydrogen) atoms. The van der Waals surface area contributed by atoms with Crippen molar-refractivity contribution < 1.29 is 14.0 Å². The summed E-state index contributed by atoms with van der Waals surface area (Å²) in [6.07, 6.45) is 6.37. The number of carbonyl (C=O) groups is 1. The molecule has 2 heterocycles. The van der Waals surface area contributed by atoms with Gasteiger partial charge < -0.3 is 9.22 Å². The topological polar surface area (TPSA) is 26.3 Å². The molecule has 0 spiro atoms. The van der Waals surface area contributed by atoms with Gasteiger partial charge in [0.1, 0.15) is 5.92 Å². The van der Waals surface area contributed by atoms with Crippen molar-refractivity contribution in [2.45, 2.75) is 44.1 Å². The molecule has 2 saturated heterocycles. The summed E-state index contributed by atoms with van der Waals surface area (Å²) in [4.78, 5) is 13.2. The Morgan fingerprint density at radius 1 is 0.929 bits per heavy atom. The SMILES string of the molecule is C[N+]12CCCC[C@H]1[C@H](COC(=O)C(c1ccccc1)c1ccccc1)CCC2. The van der Waals surface area contributed by atoms with Gasteiger partial charge in [0.15, 0.2) is 0 Å². The summed E-state index contributed by atoms with van der Waals surface area (Å²) in [5.41, 5.74) is 2.00. The highest BCUT2D eigenvalue weighted by atomic mass is 16.5. The molecule has 0 amide bonds. The number of benzene rings is 2. The smallest absolute Gasteiger partial charge is 0.317 e. The summed E-state index contributed by atoms with van der Waals surface area (Å²) < 4.78 is 7.18. The zero-order chi connectivity index (χ0) is 19.4. The van der Waals surface area contributed by atoms with Crippen LogP contribution in [0.5, 0.6) is 0 Å². The Bertz CT molecular complexity index is 732. The molecule has 1 unspecified atom stereocenters. The van der Waals surface area contributed by atoms with E-state index in [1.165, 1.54) is 49.7 Å². The largest absolute Gasteiger partial charge is 0.464 e. The molecule has 2 aromatic rings.